The van der Waals surface area contributed by atoms with Crippen molar-refractivity contribution in [2.45, 2.75) is 25.6 Å². The molecule has 1 aliphatic rings. The highest BCUT2D eigenvalue weighted by molar-refractivity contribution is 6.03. The van der Waals surface area contributed by atoms with Crippen molar-refractivity contribution in [3.05, 3.63) is 125 Å². The number of carbonyl (C=O) groups is 3. The van der Waals surface area contributed by atoms with Crippen LogP contribution < -0.4 is 10.6 Å². The second-order valence-electron chi connectivity index (χ2n) is 9.31. The Labute approximate surface area is 234 Å². The summed E-state index contributed by atoms with van der Waals surface area (Å²) >= 11 is 0. The number of nitrogens with one attached hydrogen (secondary N) is 2. The van der Waals surface area contributed by atoms with Gasteiger partial charge in [0.1, 0.15) is 12.6 Å². The maximum Gasteiger partial charge on any atom is 0.408 e. The smallest absolute Gasteiger partial charge is 0.408 e. The molecule has 9 nitrogen and oxygen atoms in total. The van der Waals surface area contributed by atoms with Gasteiger partial charge < -0.3 is 15.0 Å². The molecule has 1 unspecified atom stereocenters. The van der Waals surface area contributed by atoms with Gasteiger partial charge in [-0.3, -0.25) is 14.9 Å². The van der Waals surface area contributed by atoms with Gasteiger partial charge in [0.25, 0.3) is 5.91 Å². The molecule has 3 amide bonds. The number of rotatable bonds is 7. The fraction of sp³-hybridized carbons (Fsp3) is 0.167. The average Bonchev–Trinajstić information content (AvgIpc) is 3.00. The fourth-order valence-corrected chi connectivity index (χ4v) is 4.37. The third kappa shape index (κ3) is 6.70. The van der Waals surface area contributed by atoms with Crippen LogP contribution in [0.2, 0.25) is 0 Å². The lowest BCUT2D eigenvalue weighted by molar-refractivity contribution is -0.134. The molecule has 4 aromatic rings. The molecule has 0 aliphatic carbocycles. The topological polar surface area (TPSA) is 114 Å². The lowest BCUT2D eigenvalue weighted by atomic mass is 10.0. The van der Waals surface area contributed by atoms with Crippen LogP contribution >= 0.6 is 0 Å². The summed E-state index contributed by atoms with van der Waals surface area (Å²) in [5.74, 6) is -3.20. The first-order valence-electron chi connectivity index (χ1n) is 12.8. The first-order valence-corrected chi connectivity index (χ1v) is 12.8. The van der Waals surface area contributed by atoms with Crippen molar-refractivity contribution in [2.24, 2.45) is 0 Å². The molecule has 0 saturated carbocycles. The van der Waals surface area contributed by atoms with Crippen molar-refractivity contribution in [3.8, 4) is 0 Å². The number of aromatic nitrogens is 2. The zero-order valence-electron chi connectivity index (χ0n) is 21.7. The first kappa shape index (κ1) is 27.4. The van der Waals surface area contributed by atoms with E-state index >= 15 is 0 Å². The van der Waals surface area contributed by atoms with Crippen LogP contribution in [0.3, 0.4) is 0 Å². The number of nitrogens with zero attached hydrogens (tertiary/aromatic N) is 3. The van der Waals surface area contributed by atoms with E-state index in [2.05, 4.69) is 20.6 Å². The fourth-order valence-electron chi connectivity index (χ4n) is 4.37. The minimum Gasteiger partial charge on any atom is -0.445 e. The summed E-state index contributed by atoms with van der Waals surface area (Å²) in [5.41, 5.74) is 2.65. The monoisotopic (exact) mass is 557 g/mol. The number of alkyl carbamates (subject to hydrolysis) is 1. The van der Waals surface area contributed by atoms with Gasteiger partial charge in [0.05, 0.1) is 5.69 Å². The third-order valence-electron chi connectivity index (χ3n) is 6.51. The van der Waals surface area contributed by atoms with Crippen LogP contribution in [0.5, 0.6) is 0 Å². The highest BCUT2D eigenvalue weighted by Crippen LogP contribution is 2.23. The second kappa shape index (κ2) is 12.3. The number of fused-ring (bicyclic) bond motifs is 1. The summed E-state index contributed by atoms with van der Waals surface area (Å²) in [5, 5.41) is 5.18. The highest BCUT2D eigenvalue weighted by Gasteiger charge is 2.31. The summed E-state index contributed by atoms with van der Waals surface area (Å²) < 4.78 is 32.0. The number of ether oxygens (including phenoxy) is 1. The number of hydrogen-bond acceptors (Lipinski definition) is 6. The lowest BCUT2D eigenvalue weighted by Crippen LogP contribution is -2.45. The number of halogens is 2. The van der Waals surface area contributed by atoms with Crippen LogP contribution in [-0.4, -0.2) is 39.3 Å². The molecule has 3 aromatic carbocycles. The van der Waals surface area contributed by atoms with Gasteiger partial charge in [-0.25, -0.2) is 23.5 Å². The van der Waals surface area contributed by atoms with Crippen LogP contribution in [0.25, 0.3) is 0 Å². The molecule has 1 atom stereocenters. The molecule has 1 aromatic heterocycles. The maximum atomic E-state index is 13.6. The zero-order valence-corrected chi connectivity index (χ0v) is 21.7. The van der Waals surface area contributed by atoms with Gasteiger partial charge in [0, 0.05) is 36.8 Å². The number of hydrogen-bond donors (Lipinski definition) is 2. The van der Waals surface area contributed by atoms with E-state index in [-0.39, 0.29) is 30.6 Å². The predicted molar refractivity (Wildman–Crippen MR) is 144 cm³/mol. The van der Waals surface area contributed by atoms with Crippen LogP contribution in [0.15, 0.2) is 85.1 Å². The Balaban J connectivity index is 1.26. The van der Waals surface area contributed by atoms with Crippen molar-refractivity contribution in [1.82, 2.24) is 20.2 Å². The van der Waals surface area contributed by atoms with Crippen LogP contribution in [0.4, 0.5) is 19.5 Å². The van der Waals surface area contributed by atoms with Gasteiger partial charge in [0.2, 0.25) is 11.9 Å². The zero-order chi connectivity index (χ0) is 28.8. The standard InChI is InChI=1S/C30H25F2N5O4/c31-23-12-11-21(15-24(23)32)27(38)36-29-33-16-22-17-37(14-13-25(22)34-29)28(39)26(20-9-5-2-6-10-20)35-30(40)41-18-19-7-3-1-4-8-19/h1-12,15-16,26H,13-14,17-18H2,(H,35,40)(H,33,34,36,38). The Kier molecular flexibility index (Phi) is 8.23. The van der Waals surface area contributed by atoms with Crippen molar-refractivity contribution in [2.75, 3.05) is 11.9 Å². The Bertz CT molecular complexity index is 1570. The van der Waals surface area contributed by atoms with Gasteiger partial charge in [-0.15, -0.1) is 0 Å². The molecule has 2 N–H and O–H groups in total. The number of benzene rings is 3. The summed E-state index contributed by atoms with van der Waals surface area (Å²) in [6.45, 7) is 0.560. The van der Waals surface area contributed by atoms with E-state index in [1.807, 2.05) is 36.4 Å². The Hall–Kier alpha value is -5.19. The van der Waals surface area contributed by atoms with Gasteiger partial charge >= 0.3 is 6.09 Å². The second-order valence-corrected chi connectivity index (χ2v) is 9.31. The van der Waals surface area contributed by atoms with E-state index in [1.54, 1.807) is 29.2 Å². The molecule has 41 heavy (non-hydrogen) atoms. The van der Waals surface area contributed by atoms with Crippen molar-refractivity contribution in [3.63, 3.8) is 0 Å². The molecule has 11 heteroatoms. The Morgan fingerprint density at radius 1 is 0.951 bits per heavy atom. The van der Waals surface area contributed by atoms with Gasteiger partial charge in [-0.1, -0.05) is 60.7 Å². The minimum atomic E-state index is -1.14. The lowest BCUT2D eigenvalue weighted by Gasteiger charge is -2.31. The normalized spacial score (nSPS) is 13.1. The molecule has 0 saturated heterocycles. The predicted octanol–water partition coefficient (Wildman–Crippen LogP) is 4.56. The van der Waals surface area contributed by atoms with E-state index in [0.717, 1.165) is 23.8 Å². The van der Waals surface area contributed by atoms with Crippen LogP contribution in [0.1, 0.15) is 38.8 Å². The maximum absolute atomic E-state index is 13.6. The molecule has 5 rings (SSSR count). The van der Waals surface area contributed by atoms with E-state index < -0.39 is 29.7 Å². The van der Waals surface area contributed by atoms with Gasteiger partial charge in [-0.05, 0) is 29.3 Å². The summed E-state index contributed by atoms with van der Waals surface area (Å²) in [7, 11) is 0. The van der Waals surface area contributed by atoms with Gasteiger partial charge in [0.15, 0.2) is 11.6 Å². The first-order chi connectivity index (χ1) is 19.9. The summed E-state index contributed by atoms with van der Waals surface area (Å²) in [6, 6.07) is 19.9. The van der Waals surface area contributed by atoms with Crippen LogP contribution in [0, 0.1) is 11.6 Å². The SMILES string of the molecule is O=C(NC(C(=O)N1CCc2nc(NC(=O)c3ccc(F)c(F)c3)ncc2C1)c1ccccc1)OCc1ccccc1. The van der Waals surface area contributed by atoms with E-state index in [1.165, 1.54) is 6.20 Å². The number of anilines is 1. The summed E-state index contributed by atoms with van der Waals surface area (Å²) in [6.07, 6.45) is 1.15. The van der Waals surface area contributed by atoms with Crippen molar-refractivity contribution in [1.29, 1.82) is 0 Å². The molecule has 0 spiro atoms. The van der Waals surface area contributed by atoms with E-state index in [4.69, 9.17) is 4.74 Å². The third-order valence-corrected chi connectivity index (χ3v) is 6.51. The summed E-state index contributed by atoms with van der Waals surface area (Å²) in [4.78, 5) is 48.9. The molecule has 0 fully saturated rings. The van der Waals surface area contributed by atoms with Crippen LogP contribution in [-0.2, 0) is 29.1 Å². The van der Waals surface area contributed by atoms with E-state index in [0.29, 0.717) is 29.8 Å². The molecule has 0 bridgehead atoms. The molecular formula is C30H25F2N5O4. The van der Waals surface area contributed by atoms with E-state index in [9.17, 15) is 23.2 Å². The van der Waals surface area contributed by atoms with Gasteiger partial charge in [-0.2, -0.15) is 0 Å². The quantitative estimate of drug-likeness (QED) is 0.345. The minimum absolute atomic E-state index is 0.00301. The van der Waals surface area contributed by atoms with Crippen molar-refractivity contribution >= 4 is 23.9 Å². The number of amides is 3. The van der Waals surface area contributed by atoms with Crippen molar-refractivity contribution < 1.29 is 27.9 Å². The molecule has 0 radical (unpaired) electrons. The molecule has 2 heterocycles. The molecule has 1 aliphatic heterocycles. The largest absolute Gasteiger partial charge is 0.445 e. The number of carbonyl (C=O) groups excluding carboxylic acids is 3. The molecular weight excluding hydrogens is 532 g/mol. The highest BCUT2D eigenvalue weighted by atomic mass is 19.2. The average molecular weight is 558 g/mol. The Morgan fingerprint density at radius 3 is 2.41 bits per heavy atom. The Morgan fingerprint density at radius 2 is 1.68 bits per heavy atom. The molecule has 208 valence electrons.